The van der Waals surface area contributed by atoms with Gasteiger partial charge in [0.1, 0.15) is 11.6 Å². The predicted octanol–water partition coefficient (Wildman–Crippen LogP) is 4.24. The molecular weight excluding hydrogens is 260 g/mol. The van der Waals surface area contributed by atoms with Gasteiger partial charge in [0.25, 0.3) is 0 Å². The molecule has 1 N–H and O–H groups in total. The standard InChI is InChI=1S/C15H19ClN2O/c1-15(2,3)10-8-9-12(19-5)7-6-11(16)13(9)18-14(10)17-4/h6-8H,1-5H3,(H,17,18). The Morgan fingerprint density at radius 3 is 2.47 bits per heavy atom. The third-order valence-corrected chi connectivity index (χ3v) is 3.46. The first-order valence-electron chi connectivity index (χ1n) is 6.24. The van der Waals surface area contributed by atoms with E-state index in [-0.39, 0.29) is 5.41 Å². The minimum atomic E-state index is -0.00708. The number of benzene rings is 1. The summed E-state index contributed by atoms with van der Waals surface area (Å²) in [6.07, 6.45) is 0. The lowest BCUT2D eigenvalue weighted by atomic mass is 9.86. The molecule has 1 aromatic heterocycles. The quantitative estimate of drug-likeness (QED) is 0.892. The van der Waals surface area contributed by atoms with Gasteiger partial charge < -0.3 is 10.1 Å². The predicted molar refractivity (Wildman–Crippen MR) is 81.6 cm³/mol. The number of aromatic nitrogens is 1. The molecule has 102 valence electrons. The van der Waals surface area contributed by atoms with Crippen molar-refractivity contribution in [2.75, 3.05) is 19.5 Å². The van der Waals surface area contributed by atoms with Crippen molar-refractivity contribution in [1.29, 1.82) is 0 Å². The summed E-state index contributed by atoms with van der Waals surface area (Å²) in [5.41, 5.74) is 1.90. The van der Waals surface area contributed by atoms with Crippen LogP contribution in [0.2, 0.25) is 5.02 Å². The largest absolute Gasteiger partial charge is 0.496 e. The Hall–Kier alpha value is -1.48. The second-order valence-corrected chi connectivity index (χ2v) is 5.94. The Labute approximate surface area is 118 Å². The number of nitrogens with zero attached hydrogens (tertiary/aromatic N) is 1. The first-order chi connectivity index (χ1) is 8.88. The van der Waals surface area contributed by atoms with E-state index in [1.807, 2.05) is 19.2 Å². The number of hydrogen-bond acceptors (Lipinski definition) is 3. The average Bonchev–Trinajstić information content (AvgIpc) is 2.37. The summed E-state index contributed by atoms with van der Waals surface area (Å²) in [4.78, 5) is 4.65. The molecule has 0 radical (unpaired) electrons. The van der Waals surface area contributed by atoms with Crippen LogP contribution in [0.1, 0.15) is 26.3 Å². The minimum absolute atomic E-state index is 0.00708. The second-order valence-electron chi connectivity index (χ2n) is 5.53. The third kappa shape index (κ3) is 2.47. The molecule has 0 unspecified atom stereocenters. The fourth-order valence-electron chi connectivity index (χ4n) is 2.14. The highest BCUT2D eigenvalue weighted by atomic mass is 35.5. The summed E-state index contributed by atoms with van der Waals surface area (Å²) in [7, 11) is 3.53. The van der Waals surface area contributed by atoms with Crippen LogP contribution in [0.15, 0.2) is 18.2 Å². The van der Waals surface area contributed by atoms with Gasteiger partial charge in [-0.05, 0) is 23.6 Å². The topological polar surface area (TPSA) is 34.2 Å². The van der Waals surface area contributed by atoms with Crippen molar-refractivity contribution in [3.63, 3.8) is 0 Å². The molecule has 0 saturated carbocycles. The highest BCUT2D eigenvalue weighted by Gasteiger charge is 2.21. The molecule has 1 aromatic carbocycles. The monoisotopic (exact) mass is 278 g/mol. The van der Waals surface area contributed by atoms with Crippen LogP contribution >= 0.6 is 11.6 Å². The molecule has 2 rings (SSSR count). The van der Waals surface area contributed by atoms with Crippen molar-refractivity contribution in [3.05, 3.63) is 28.8 Å². The normalized spacial score (nSPS) is 11.7. The number of fused-ring (bicyclic) bond motifs is 1. The van der Waals surface area contributed by atoms with Gasteiger partial charge in [0.15, 0.2) is 0 Å². The number of hydrogen-bond donors (Lipinski definition) is 1. The summed E-state index contributed by atoms with van der Waals surface area (Å²) in [6.45, 7) is 6.48. The molecule has 0 aliphatic carbocycles. The molecule has 0 amide bonds. The van der Waals surface area contributed by atoms with E-state index in [4.69, 9.17) is 16.3 Å². The van der Waals surface area contributed by atoms with E-state index in [1.54, 1.807) is 7.11 Å². The van der Waals surface area contributed by atoms with Crippen LogP contribution in [0, 0.1) is 0 Å². The first-order valence-corrected chi connectivity index (χ1v) is 6.61. The van der Waals surface area contributed by atoms with Crippen molar-refractivity contribution in [3.8, 4) is 5.75 Å². The van der Waals surface area contributed by atoms with E-state index in [0.29, 0.717) is 5.02 Å². The highest BCUT2D eigenvalue weighted by molar-refractivity contribution is 6.35. The van der Waals surface area contributed by atoms with Crippen molar-refractivity contribution in [2.24, 2.45) is 0 Å². The molecule has 1 heterocycles. The summed E-state index contributed by atoms with van der Waals surface area (Å²) < 4.78 is 5.40. The number of anilines is 1. The van der Waals surface area contributed by atoms with Gasteiger partial charge in [0.2, 0.25) is 0 Å². The molecule has 0 bridgehead atoms. The van der Waals surface area contributed by atoms with Crippen molar-refractivity contribution in [1.82, 2.24) is 4.98 Å². The lowest BCUT2D eigenvalue weighted by molar-refractivity contribution is 0.419. The Bertz CT molecular complexity index is 618. The lowest BCUT2D eigenvalue weighted by Crippen LogP contribution is -2.15. The number of ether oxygens (including phenoxy) is 1. The smallest absolute Gasteiger partial charge is 0.130 e. The summed E-state index contributed by atoms with van der Waals surface area (Å²) >= 11 is 6.24. The molecule has 2 aromatic rings. The van der Waals surface area contributed by atoms with E-state index in [2.05, 4.69) is 37.1 Å². The fraction of sp³-hybridized carbons (Fsp3) is 0.400. The maximum Gasteiger partial charge on any atom is 0.130 e. The van der Waals surface area contributed by atoms with Crippen LogP contribution in [-0.2, 0) is 5.41 Å². The minimum Gasteiger partial charge on any atom is -0.496 e. The zero-order chi connectivity index (χ0) is 14.2. The van der Waals surface area contributed by atoms with Crippen LogP contribution in [0.5, 0.6) is 5.75 Å². The van der Waals surface area contributed by atoms with E-state index >= 15 is 0 Å². The zero-order valence-corrected chi connectivity index (χ0v) is 12.7. The summed E-state index contributed by atoms with van der Waals surface area (Å²) in [5.74, 6) is 1.65. The fourth-order valence-corrected chi connectivity index (χ4v) is 2.35. The van der Waals surface area contributed by atoms with Gasteiger partial charge in [-0.1, -0.05) is 32.4 Å². The molecule has 0 aliphatic rings. The summed E-state index contributed by atoms with van der Waals surface area (Å²) in [6, 6.07) is 5.79. The number of nitrogens with one attached hydrogen (secondary N) is 1. The van der Waals surface area contributed by atoms with Crippen LogP contribution in [0.4, 0.5) is 5.82 Å². The summed E-state index contributed by atoms with van der Waals surface area (Å²) in [5, 5.41) is 4.72. The number of pyridine rings is 1. The maximum atomic E-state index is 6.24. The van der Waals surface area contributed by atoms with E-state index in [9.17, 15) is 0 Å². The molecule has 0 atom stereocenters. The first kappa shape index (κ1) is 13.9. The third-order valence-electron chi connectivity index (χ3n) is 3.16. The van der Waals surface area contributed by atoms with Crippen LogP contribution in [0.25, 0.3) is 10.9 Å². The molecule has 4 heteroatoms. The Morgan fingerprint density at radius 2 is 1.95 bits per heavy atom. The van der Waals surface area contributed by atoms with Crippen molar-refractivity contribution < 1.29 is 4.74 Å². The van der Waals surface area contributed by atoms with E-state index in [0.717, 1.165) is 28.0 Å². The molecule has 3 nitrogen and oxygen atoms in total. The van der Waals surface area contributed by atoms with E-state index in [1.165, 1.54) is 0 Å². The molecule has 0 spiro atoms. The Balaban J connectivity index is 2.85. The zero-order valence-electron chi connectivity index (χ0n) is 12.0. The van der Waals surface area contributed by atoms with Gasteiger partial charge in [-0.2, -0.15) is 0 Å². The number of rotatable bonds is 2. The molecular formula is C15H19ClN2O. The molecule has 0 fully saturated rings. The maximum absolute atomic E-state index is 6.24. The van der Waals surface area contributed by atoms with Gasteiger partial charge in [0.05, 0.1) is 17.6 Å². The Morgan fingerprint density at radius 1 is 1.26 bits per heavy atom. The van der Waals surface area contributed by atoms with Crippen molar-refractivity contribution in [2.45, 2.75) is 26.2 Å². The lowest BCUT2D eigenvalue weighted by Gasteiger charge is -2.23. The highest BCUT2D eigenvalue weighted by Crippen LogP contribution is 2.36. The van der Waals surface area contributed by atoms with Crippen molar-refractivity contribution >= 4 is 28.3 Å². The van der Waals surface area contributed by atoms with Crippen LogP contribution in [0.3, 0.4) is 0 Å². The van der Waals surface area contributed by atoms with Gasteiger partial charge in [-0.25, -0.2) is 4.98 Å². The molecule has 0 saturated heterocycles. The van der Waals surface area contributed by atoms with Gasteiger partial charge in [-0.3, -0.25) is 0 Å². The van der Waals surface area contributed by atoms with Gasteiger partial charge >= 0.3 is 0 Å². The molecule has 19 heavy (non-hydrogen) atoms. The van der Waals surface area contributed by atoms with Crippen LogP contribution < -0.4 is 10.1 Å². The Kier molecular flexibility index (Phi) is 3.59. The van der Waals surface area contributed by atoms with E-state index < -0.39 is 0 Å². The van der Waals surface area contributed by atoms with Crippen LogP contribution in [-0.4, -0.2) is 19.1 Å². The second kappa shape index (κ2) is 4.89. The SMILES string of the molecule is CNc1nc2c(Cl)ccc(OC)c2cc1C(C)(C)C. The van der Waals surface area contributed by atoms with Gasteiger partial charge in [-0.15, -0.1) is 0 Å². The average molecular weight is 279 g/mol. The van der Waals surface area contributed by atoms with Gasteiger partial charge in [0, 0.05) is 18.0 Å². The number of halogens is 1. The number of methoxy groups -OCH3 is 1. The molecule has 0 aliphatic heterocycles.